The Labute approximate surface area is 196 Å². The van der Waals surface area contributed by atoms with E-state index in [1.165, 1.54) is 35.2 Å². The molecule has 0 unspecified atom stereocenters. The maximum Gasteiger partial charge on any atom is 0.416 e. The minimum absolute atomic E-state index is 0.0364. The average Bonchev–Trinajstić information content (AvgIpc) is 3.28. The molecule has 1 N–H and O–H groups in total. The predicted octanol–water partition coefficient (Wildman–Crippen LogP) is 4.56. The molecule has 4 rings (SSSR count). The molecule has 1 amide bonds. The lowest BCUT2D eigenvalue weighted by molar-refractivity contribution is -0.137. The van der Waals surface area contributed by atoms with E-state index in [9.17, 15) is 18.0 Å². The van der Waals surface area contributed by atoms with E-state index in [4.69, 9.17) is 4.42 Å². The fourth-order valence-corrected chi connectivity index (χ4v) is 4.03. The van der Waals surface area contributed by atoms with Crippen LogP contribution in [0.2, 0.25) is 0 Å². The molecule has 1 aliphatic rings. The SMILES string of the molecule is Cc1cccc(N2CCN(Cc3nc(C(=O)NCc4cccc(C(F)(F)F)c4)co3)CC2)c1C. The molecule has 180 valence electrons. The van der Waals surface area contributed by atoms with Gasteiger partial charge in [-0.15, -0.1) is 0 Å². The summed E-state index contributed by atoms with van der Waals surface area (Å²) in [4.78, 5) is 21.2. The molecule has 0 bridgehead atoms. The Morgan fingerprint density at radius 2 is 1.82 bits per heavy atom. The number of rotatable bonds is 6. The van der Waals surface area contributed by atoms with E-state index in [1.54, 1.807) is 0 Å². The largest absolute Gasteiger partial charge is 0.447 e. The Bertz CT molecular complexity index is 1150. The summed E-state index contributed by atoms with van der Waals surface area (Å²) in [7, 11) is 0. The van der Waals surface area contributed by atoms with Crippen molar-refractivity contribution >= 4 is 11.6 Å². The number of oxazole rings is 1. The second-order valence-electron chi connectivity index (χ2n) is 8.49. The van der Waals surface area contributed by atoms with Gasteiger partial charge in [0.25, 0.3) is 5.91 Å². The highest BCUT2D eigenvalue weighted by Gasteiger charge is 2.30. The quantitative estimate of drug-likeness (QED) is 0.570. The summed E-state index contributed by atoms with van der Waals surface area (Å²) in [6.07, 6.45) is -3.14. The fourth-order valence-electron chi connectivity index (χ4n) is 4.03. The highest BCUT2D eigenvalue weighted by Crippen LogP contribution is 2.29. The first-order valence-corrected chi connectivity index (χ1v) is 11.1. The number of hydrogen-bond donors (Lipinski definition) is 1. The first kappa shape index (κ1) is 23.8. The standard InChI is InChI=1S/C25H27F3N4O2/c1-17-5-3-8-22(18(17)2)32-11-9-31(10-12-32)15-23-30-21(16-34-23)24(33)29-14-19-6-4-7-20(13-19)25(26,27)28/h3-8,13,16H,9-12,14-15H2,1-2H3,(H,29,33). The number of benzene rings is 2. The molecule has 34 heavy (non-hydrogen) atoms. The van der Waals surface area contributed by atoms with Crippen molar-refractivity contribution in [3.63, 3.8) is 0 Å². The minimum atomic E-state index is -4.43. The molecule has 2 aromatic carbocycles. The monoisotopic (exact) mass is 472 g/mol. The first-order chi connectivity index (χ1) is 16.2. The molecule has 3 aromatic rings. The Morgan fingerprint density at radius 3 is 2.56 bits per heavy atom. The maximum atomic E-state index is 12.9. The van der Waals surface area contributed by atoms with Gasteiger partial charge >= 0.3 is 6.18 Å². The third-order valence-corrected chi connectivity index (χ3v) is 6.14. The maximum absolute atomic E-state index is 12.9. The number of anilines is 1. The highest BCUT2D eigenvalue weighted by molar-refractivity contribution is 5.91. The summed E-state index contributed by atoms with van der Waals surface area (Å²) < 4.78 is 44.0. The van der Waals surface area contributed by atoms with Crippen LogP contribution in [0.15, 0.2) is 53.1 Å². The van der Waals surface area contributed by atoms with Gasteiger partial charge in [0, 0.05) is 38.4 Å². The normalized spacial score (nSPS) is 14.9. The lowest BCUT2D eigenvalue weighted by Gasteiger charge is -2.36. The number of halogens is 3. The molecular formula is C25H27F3N4O2. The fraction of sp³-hybridized carbons (Fsp3) is 0.360. The van der Waals surface area contributed by atoms with Crippen molar-refractivity contribution in [3.05, 3.63) is 82.6 Å². The number of hydrogen-bond acceptors (Lipinski definition) is 5. The van der Waals surface area contributed by atoms with E-state index >= 15 is 0 Å². The molecule has 0 radical (unpaired) electrons. The second kappa shape index (κ2) is 9.89. The molecule has 0 saturated carbocycles. The summed E-state index contributed by atoms with van der Waals surface area (Å²) in [5, 5.41) is 2.60. The lowest BCUT2D eigenvalue weighted by atomic mass is 10.1. The van der Waals surface area contributed by atoms with Gasteiger partial charge in [-0.05, 0) is 48.7 Å². The third kappa shape index (κ3) is 5.59. The van der Waals surface area contributed by atoms with Crippen molar-refractivity contribution in [2.45, 2.75) is 33.1 Å². The Balaban J connectivity index is 1.28. The number of aryl methyl sites for hydroxylation is 1. The Morgan fingerprint density at radius 1 is 1.09 bits per heavy atom. The van der Waals surface area contributed by atoms with E-state index in [0.717, 1.165) is 38.3 Å². The Hall–Kier alpha value is -3.33. The van der Waals surface area contributed by atoms with Gasteiger partial charge in [0.15, 0.2) is 5.69 Å². The van der Waals surface area contributed by atoms with E-state index in [2.05, 4.69) is 52.1 Å². The minimum Gasteiger partial charge on any atom is -0.447 e. The number of alkyl halides is 3. The number of carbonyl (C=O) groups is 1. The van der Waals surface area contributed by atoms with E-state index in [0.29, 0.717) is 18.0 Å². The zero-order chi connectivity index (χ0) is 24.3. The number of piperazine rings is 1. The van der Waals surface area contributed by atoms with E-state index in [-0.39, 0.29) is 12.2 Å². The number of aromatic nitrogens is 1. The first-order valence-electron chi connectivity index (χ1n) is 11.1. The molecule has 9 heteroatoms. The molecule has 2 heterocycles. The summed E-state index contributed by atoms with van der Waals surface area (Å²) in [6, 6.07) is 11.2. The van der Waals surface area contributed by atoms with Gasteiger partial charge in [0.05, 0.1) is 12.1 Å². The molecule has 0 aliphatic carbocycles. The number of nitrogens with zero attached hydrogens (tertiary/aromatic N) is 3. The third-order valence-electron chi connectivity index (χ3n) is 6.14. The summed E-state index contributed by atoms with van der Waals surface area (Å²) in [5.41, 5.74) is 3.55. The molecule has 1 fully saturated rings. The molecule has 1 saturated heterocycles. The van der Waals surface area contributed by atoms with Crippen molar-refractivity contribution in [3.8, 4) is 0 Å². The topological polar surface area (TPSA) is 61.6 Å². The van der Waals surface area contributed by atoms with Crippen molar-refractivity contribution in [1.82, 2.24) is 15.2 Å². The molecule has 6 nitrogen and oxygen atoms in total. The van der Waals surface area contributed by atoms with Crippen LogP contribution in [0.25, 0.3) is 0 Å². The van der Waals surface area contributed by atoms with Crippen LogP contribution in [-0.4, -0.2) is 42.0 Å². The van der Waals surface area contributed by atoms with Gasteiger partial charge < -0.3 is 14.6 Å². The molecule has 0 atom stereocenters. The van der Waals surface area contributed by atoms with Crippen LogP contribution in [0.3, 0.4) is 0 Å². The van der Waals surface area contributed by atoms with E-state index < -0.39 is 17.6 Å². The summed E-state index contributed by atoms with van der Waals surface area (Å²) in [5.74, 6) is -0.0587. The van der Waals surface area contributed by atoms with Crippen molar-refractivity contribution in [1.29, 1.82) is 0 Å². The van der Waals surface area contributed by atoms with Gasteiger partial charge in [0.2, 0.25) is 5.89 Å². The smallest absolute Gasteiger partial charge is 0.416 e. The van der Waals surface area contributed by atoms with Crippen molar-refractivity contribution in [2.75, 3.05) is 31.1 Å². The molecule has 1 aromatic heterocycles. The zero-order valence-electron chi connectivity index (χ0n) is 19.2. The summed E-state index contributed by atoms with van der Waals surface area (Å²) in [6.45, 7) is 8.16. The van der Waals surface area contributed by atoms with Gasteiger partial charge in [-0.25, -0.2) is 4.98 Å². The van der Waals surface area contributed by atoms with Crippen LogP contribution in [0, 0.1) is 13.8 Å². The van der Waals surface area contributed by atoms with Gasteiger partial charge in [0.1, 0.15) is 6.26 Å². The van der Waals surface area contributed by atoms with Crippen LogP contribution in [0.5, 0.6) is 0 Å². The number of amides is 1. The van der Waals surface area contributed by atoms with Gasteiger partial charge in [-0.1, -0.05) is 24.3 Å². The molecule has 1 aliphatic heterocycles. The van der Waals surface area contributed by atoms with Gasteiger partial charge in [-0.3, -0.25) is 9.69 Å². The molecule has 0 spiro atoms. The van der Waals surface area contributed by atoms with Crippen LogP contribution in [0.4, 0.5) is 18.9 Å². The highest BCUT2D eigenvalue weighted by atomic mass is 19.4. The summed E-state index contributed by atoms with van der Waals surface area (Å²) >= 11 is 0. The zero-order valence-corrected chi connectivity index (χ0v) is 19.2. The van der Waals surface area contributed by atoms with E-state index in [1.807, 2.05) is 0 Å². The average molecular weight is 473 g/mol. The lowest BCUT2D eigenvalue weighted by Crippen LogP contribution is -2.46. The number of nitrogens with one attached hydrogen (secondary N) is 1. The van der Waals surface area contributed by atoms with Crippen LogP contribution < -0.4 is 10.2 Å². The molecular weight excluding hydrogens is 445 g/mol. The van der Waals surface area contributed by atoms with Crippen molar-refractivity contribution in [2.24, 2.45) is 0 Å². The van der Waals surface area contributed by atoms with Crippen molar-refractivity contribution < 1.29 is 22.4 Å². The number of carbonyl (C=O) groups excluding carboxylic acids is 1. The van der Waals surface area contributed by atoms with Crippen LogP contribution >= 0.6 is 0 Å². The van der Waals surface area contributed by atoms with Crippen LogP contribution in [-0.2, 0) is 19.3 Å². The van der Waals surface area contributed by atoms with Gasteiger partial charge in [-0.2, -0.15) is 13.2 Å². The predicted molar refractivity (Wildman–Crippen MR) is 123 cm³/mol. The Kier molecular flexibility index (Phi) is 6.92. The second-order valence-corrected chi connectivity index (χ2v) is 8.49. The van der Waals surface area contributed by atoms with Crippen LogP contribution in [0.1, 0.15) is 38.6 Å².